The van der Waals surface area contributed by atoms with E-state index in [0.29, 0.717) is 36.7 Å². The van der Waals surface area contributed by atoms with Crippen molar-refractivity contribution in [2.75, 3.05) is 6.54 Å². The number of nitrogens with two attached hydrogens (primary N) is 1. The van der Waals surface area contributed by atoms with Crippen molar-refractivity contribution in [3.63, 3.8) is 0 Å². The first-order chi connectivity index (χ1) is 18.4. The van der Waals surface area contributed by atoms with Crippen molar-refractivity contribution in [2.24, 2.45) is 17.6 Å². The third-order valence-corrected chi connectivity index (χ3v) is 8.68. The molecule has 1 aliphatic carbocycles. The Morgan fingerprint density at radius 1 is 1.13 bits per heavy atom. The summed E-state index contributed by atoms with van der Waals surface area (Å²) in [6, 6.07) is 7.54. The molecule has 38 heavy (non-hydrogen) atoms. The summed E-state index contributed by atoms with van der Waals surface area (Å²) in [6.45, 7) is 5.12. The van der Waals surface area contributed by atoms with E-state index in [1.54, 1.807) is 10.6 Å². The zero-order chi connectivity index (χ0) is 26.6. The van der Waals surface area contributed by atoms with E-state index in [0.717, 1.165) is 71.1 Å². The number of carbonyl (C=O) groups excluding carboxylic acids is 2. The Hall–Kier alpha value is -3.52. The van der Waals surface area contributed by atoms with Gasteiger partial charge in [-0.2, -0.15) is 0 Å². The fourth-order valence-corrected chi connectivity index (χ4v) is 6.46. The smallest absolute Gasteiger partial charge is 0.314 e. The van der Waals surface area contributed by atoms with E-state index in [-0.39, 0.29) is 30.0 Å². The molecule has 6 rings (SSSR count). The van der Waals surface area contributed by atoms with Gasteiger partial charge in [0.2, 0.25) is 0 Å². The summed E-state index contributed by atoms with van der Waals surface area (Å²) >= 11 is 0. The van der Waals surface area contributed by atoms with Crippen LogP contribution in [0.25, 0.3) is 22.3 Å². The fourth-order valence-electron chi connectivity index (χ4n) is 6.46. The first-order valence-corrected chi connectivity index (χ1v) is 13.7. The van der Waals surface area contributed by atoms with Gasteiger partial charge in [0, 0.05) is 10.9 Å². The normalized spacial score (nSPS) is 22.0. The number of esters is 2. The van der Waals surface area contributed by atoms with Crippen LogP contribution >= 0.6 is 0 Å². The molecule has 2 aromatic heterocycles. The van der Waals surface area contributed by atoms with Crippen LogP contribution in [0.1, 0.15) is 74.1 Å². The van der Waals surface area contributed by atoms with Crippen molar-refractivity contribution in [2.45, 2.75) is 71.4 Å². The van der Waals surface area contributed by atoms with Crippen LogP contribution in [0.4, 0.5) is 0 Å². The molecule has 198 valence electrons. The minimum absolute atomic E-state index is 0.0127. The van der Waals surface area contributed by atoms with Crippen LogP contribution in [0.2, 0.25) is 0 Å². The number of benzene rings is 1. The molecule has 8 heteroatoms. The number of aryl methyl sites for hydroxylation is 1. The lowest BCUT2D eigenvalue weighted by Gasteiger charge is -2.26. The summed E-state index contributed by atoms with van der Waals surface area (Å²) in [4.78, 5) is 43.7. The largest absolute Gasteiger partial charge is 0.460 e. The highest BCUT2D eigenvalue weighted by atomic mass is 16.5. The van der Waals surface area contributed by atoms with Crippen LogP contribution in [-0.4, -0.2) is 28.0 Å². The molecule has 1 saturated carbocycles. The molecule has 3 aromatic rings. The molecule has 2 aliphatic heterocycles. The Labute approximate surface area is 221 Å². The Bertz CT molecular complexity index is 1520. The van der Waals surface area contributed by atoms with Gasteiger partial charge in [0.15, 0.2) is 0 Å². The van der Waals surface area contributed by atoms with E-state index in [1.807, 2.05) is 25.1 Å². The van der Waals surface area contributed by atoms with Crippen LogP contribution in [-0.2, 0) is 33.9 Å². The summed E-state index contributed by atoms with van der Waals surface area (Å²) < 4.78 is 12.9. The number of cyclic esters (lactones) is 1. The average molecular weight is 516 g/mol. The number of nitrogens with zero attached hydrogens (tertiary/aromatic N) is 2. The maximum atomic E-state index is 13.5. The Morgan fingerprint density at radius 2 is 1.92 bits per heavy atom. The standard InChI is InChI=1S/C30H33N3O5/c1-3-19-22-11-18(38-29(35)17-7-5-16(13-31)6-8-17)9-10-25(22)32-27-23(19)14-33-26(27)12-21-20(4-2)30(36)37-15-24(21)28(33)34/h9-12,16-17,20H,3-8,13-15,31H2,1-2H3/t16?,17?,20-/m1/s1. The topological polar surface area (TPSA) is 114 Å². The molecule has 1 atom stereocenters. The minimum Gasteiger partial charge on any atom is -0.460 e. The number of ether oxygens (including phenoxy) is 2. The van der Waals surface area contributed by atoms with Crippen molar-refractivity contribution < 1.29 is 19.1 Å². The number of pyridine rings is 2. The number of hydrogen-bond acceptors (Lipinski definition) is 7. The SMILES string of the molecule is CCc1c2c(nc3ccc(OC(=O)C4CCC(CN)CC4)cc13)-c1cc3c(c(=O)n1C2)COC(=O)[C@@H]3CC. The maximum Gasteiger partial charge on any atom is 0.314 e. The molecule has 0 radical (unpaired) electrons. The number of rotatable bonds is 5. The van der Waals surface area contributed by atoms with E-state index >= 15 is 0 Å². The minimum atomic E-state index is -0.435. The van der Waals surface area contributed by atoms with E-state index < -0.39 is 5.92 Å². The van der Waals surface area contributed by atoms with Crippen molar-refractivity contribution in [1.82, 2.24) is 9.55 Å². The van der Waals surface area contributed by atoms with E-state index in [2.05, 4.69) is 6.92 Å². The van der Waals surface area contributed by atoms with Gasteiger partial charge in [0.1, 0.15) is 12.4 Å². The van der Waals surface area contributed by atoms with Gasteiger partial charge in [-0.15, -0.1) is 0 Å². The number of fused-ring (bicyclic) bond motifs is 5. The fraction of sp³-hybridized carbons (Fsp3) is 0.467. The molecule has 0 saturated heterocycles. The van der Waals surface area contributed by atoms with Crippen molar-refractivity contribution in [3.8, 4) is 17.1 Å². The summed E-state index contributed by atoms with van der Waals surface area (Å²) in [6.07, 6.45) is 4.87. The van der Waals surface area contributed by atoms with E-state index in [1.165, 1.54) is 0 Å². The van der Waals surface area contributed by atoms with Gasteiger partial charge in [-0.25, -0.2) is 4.98 Å². The van der Waals surface area contributed by atoms with Crippen LogP contribution < -0.4 is 16.0 Å². The number of carbonyl (C=O) groups is 2. The first kappa shape index (κ1) is 24.8. The van der Waals surface area contributed by atoms with Gasteiger partial charge in [0.25, 0.3) is 5.56 Å². The third-order valence-electron chi connectivity index (χ3n) is 8.68. The highest BCUT2D eigenvalue weighted by Crippen LogP contribution is 2.40. The Kier molecular flexibility index (Phi) is 6.30. The summed E-state index contributed by atoms with van der Waals surface area (Å²) in [5.74, 6) is 0.0340. The summed E-state index contributed by atoms with van der Waals surface area (Å²) in [7, 11) is 0. The van der Waals surface area contributed by atoms with Gasteiger partial charge < -0.3 is 19.8 Å². The quantitative estimate of drug-likeness (QED) is 0.313. The Balaban J connectivity index is 1.37. The van der Waals surface area contributed by atoms with Crippen LogP contribution in [0.15, 0.2) is 29.1 Å². The summed E-state index contributed by atoms with van der Waals surface area (Å²) in [5, 5.41) is 0.930. The lowest BCUT2D eigenvalue weighted by Crippen LogP contribution is -2.32. The lowest BCUT2D eigenvalue weighted by molar-refractivity contribution is -0.148. The predicted octanol–water partition coefficient (Wildman–Crippen LogP) is 4.21. The monoisotopic (exact) mass is 515 g/mol. The first-order valence-electron chi connectivity index (χ1n) is 13.7. The zero-order valence-corrected chi connectivity index (χ0v) is 21.9. The van der Waals surface area contributed by atoms with Gasteiger partial charge in [-0.3, -0.25) is 14.4 Å². The molecule has 8 nitrogen and oxygen atoms in total. The highest BCUT2D eigenvalue weighted by Gasteiger charge is 2.35. The second kappa shape index (κ2) is 9.66. The molecule has 1 aromatic carbocycles. The average Bonchev–Trinajstić information content (AvgIpc) is 3.30. The Morgan fingerprint density at radius 3 is 2.63 bits per heavy atom. The molecule has 3 aliphatic rings. The predicted molar refractivity (Wildman–Crippen MR) is 143 cm³/mol. The second-order valence-electron chi connectivity index (χ2n) is 10.7. The second-order valence-corrected chi connectivity index (χ2v) is 10.7. The molecule has 0 amide bonds. The molecule has 0 bridgehead atoms. The molecule has 4 heterocycles. The van der Waals surface area contributed by atoms with Gasteiger partial charge in [-0.1, -0.05) is 13.8 Å². The van der Waals surface area contributed by atoms with Crippen LogP contribution in [0.3, 0.4) is 0 Å². The molecular weight excluding hydrogens is 482 g/mol. The molecular formula is C30H33N3O5. The van der Waals surface area contributed by atoms with Crippen molar-refractivity contribution in [3.05, 3.63) is 56.9 Å². The van der Waals surface area contributed by atoms with Gasteiger partial charge >= 0.3 is 11.9 Å². The molecule has 0 spiro atoms. The number of aromatic nitrogens is 2. The zero-order valence-electron chi connectivity index (χ0n) is 21.9. The molecule has 2 N–H and O–H groups in total. The van der Waals surface area contributed by atoms with Gasteiger partial charge in [-0.05, 0) is 86.4 Å². The van der Waals surface area contributed by atoms with Crippen LogP contribution in [0.5, 0.6) is 5.75 Å². The summed E-state index contributed by atoms with van der Waals surface area (Å²) in [5.41, 5.74) is 11.4. The highest BCUT2D eigenvalue weighted by molar-refractivity contribution is 5.90. The van der Waals surface area contributed by atoms with Crippen molar-refractivity contribution in [1.29, 1.82) is 0 Å². The lowest BCUT2D eigenvalue weighted by atomic mass is 9.82. The van der Waals surface area contributed by atoms with E-state index in [4.69, 9.17) is 20.2 Å². The van der Waals surface area contributed by atoms with Crippen LogP contribution in [0, 0.1) is 11.8 Å². The van der Waals surface area contributed by atoms with E-state index in [9.17, 15) is 14.4 Å². The number of hydrogen-bond donors (Lipinski definition) is 1. The van der Waals surface area contributed by atoms with Gasteiger partial charge in [0.05, 0.1) is 40.8 Å². The maximum absolute atomic E-state index is 13.5. The molecule has 1 fully saturated rings. The van der Waals surface area contributed by atoms with Crippen molar-refractivity contribution >= 4 is 22.8 Å². The molecule has 0 unspecified atom stereocenters. The third kappa shape index (κ3) is 3.93.